The molecule has 29 heavy (non-hydrogen) atoms. The molecular weight excluding hydrogens is 380 g/mol. The first-order valence-corrected chi connectivity index (χ1v) is 9.37. The van der Waals surface area contributed by atoms with Crippen molar-refractivity contribution in [1.29, 1.82) is 0 Å². The van der Waals surface area contributed by atoms with Crippen molar-refractivity contribution in [1.82, 2.24) is 20.1 Å². The Morgan fingerprint density at radius 2 is 1.83 bits per heavy atom. The van der Waals surface area contributed by atoms with Crippen molar-refractivity contribution in [2.75, 3.05) is 26.2 Å². The van der Waals surface area contributed by atoms with Gasteiger partial charge >= 0.3 is 0 Å². The van der Waals surface area contributed by atoms with Gasteiger partial charge in [0.25, 0.3) is 12.0 Å². The number of nitrogens with one attached hydrogen (secondary N) is 2. The Kier molecular flexibility index (Phi) is 7.52. The Labute approximate surface area is 167 Å². The molecule has 1 aromatic rings. The Morgan fingerprint density at radius 3 is 2.45 bits per heavy atom. The summed E-state index contributed by atoms with van der Waals surface area (Å²) in [5, 5.41) is 12.3. The van der Waals surface area contributed by atoms with Gasteiger partial charge in [-0.25, -0.2) is 0 Å². The van der Waals surface area contributed by atoms with Gasteiger partial charge in [0.2, 0.25) is 17.7 Å². The number of carbonyl (C=O) groups excluding carboxylic acids is 3. The quantitative estimate of drug-likeness (QED) is 0.447. The van der Waals surface area contributed by atoms with Gasteiger partial charge in [0.1, 0.15) is 6.04 Å². The van der Waals surface area contributed by atoms with Crippen LogP contribution in [0.4, 0.5) is 0 Å². The zero-order chi connectivity index (χ0) is 21.6. The number of amides is 3. The van der Waals surface area contributed by atoms with E-state index in [1.165, 1.54) is 19.9 Å². The van der Waals surface area contributed by atoms with Gasteiger partial charge in [-0.2, -0.15) is 0 Å². The number of piperidine rings is 1. The summed E-state index contributed by atoms with van der Waals surface area (Å²) in [4.78, 5) is 58.3. The molecule has 10 nitrogen and oxygen atoms in total. The van der Waals surface area contributed by atoms with E-state index in [-0.39, 0.29) is 41.6 Å². The van der Waals surface area contributed by atoms with Gasteiger partial charge in [-0.3, -0.25) is 28.5 Å². The minimum Gasteiger partial charge on any atom is -0.483 e. The van der Waals surface area contributed by atoms with E-state index in [0.717, 1.165) is 12.1 Å². The van der Waals surface area contributed by atoms with Crippen LogP contribution in [-0.2, 0) is 19.2 Å². The highest BCUT2D eigenvalue weighted by molar-refractivity contribution is 5.81. The number of hydrogen-bond acceptors (Lipinski definition) is 5. The minimum atomic E-state index is -0.644. The van der Waals surface area contributed by atoms with Crippen molar-refractivity contribution in [3.8, 4) is 0 Å². The molecule has 1 aromatic heterocycles. The van der Waals surface area contributed by atoms with E-state index >= 15 is 0 Å². The Bertz CT molecular complexity index is 836. The maximum absolute atomic E-state index is 12.8. The molecule has 3 rings (SSSR count). The molecule has 3 heterocycles. The smallest absolute Gasteiger partial charge is 0.290 e. The third kappa shape index (κ3) is 5.21. The molecule has 0 aliphatic carbocycles. The van der Waals surface area contributed by atoms with Crippen molar-refractivity contribution in [2.45, 2.75) is 32.2 Å². The maximum Gasteiger partial charge on any atom is 0.290 e. The molecule has 0 unspecified atom stereocenters. The SMILES string of the molecule is CC(=O)NCCNC(=O)[C@H]1[C@H]2C[C@H](CN(C(C)=O)C2)c2cccc(=O)n21.O=CO. The monoisotopic (exact) mass is 406 g/mol. The lowest BCUT2D eigenvalue weighted by molar-refractivity contribution is -0.135. The molecule has 0 aromatic carbocycles. The standard InChI is InChI=1S/C18H24N4O4.CH2O2/c1-11(23)19-6-7-20-18(26)17-14-8-13(9-21(10-14)12(2)24)15-4-3-5-16(25)22(15)17;2-1-3/h3-5,13-14,17H,6-10H2,1-2H3,(H,19,23)(H,20,26);1H,(H,2,3)/t13-,14+,17-;/m1./s1. The van der Waals surface area contributed by atoms with Gasteiger partial charge in [-0.15, -0.1) is 0 Å². The molecule has 2 aliphatic rings. The number of nitrogens with zero attached hydrogens (tertiary/aromatic N) is 2. The molecule has 1 saturated heterocycles. The maximum atomic E-state index is 12.8. The number of fused-ring (bicyclic) bond motifs is 4. The molecule has 2 bridgehead atoms. The Balaban J connectivity index is 0.000000941. The van der Waals surface area contributed by atoms with Gasteiger partial charge in [0.15, 0.2) is 0 Å². The molecule has 158 valence electrons. The number of hydrogen-bond donors (Lipinski definition) is 3. The zero-order valence-corrected chi connectivity index (χ0v) is 16.5. The van der Waals surface area contributed by atoms with Crippen LogP contribution in [0.2, 0.25) is 0 Å². The second-order valence-corrected chi connectivity index (χ2v) is 7.10. The van der Waals surface area contributed by atoms with Crippen LogP contribution in [-0.4, -0.2) is 64.9 Å². The molecule has 0 saturated carbocycles. The molecule has 10 heteroatoms. The lowest BCUT2D eigenvalue weighted by Crippen LogP contribution is -2.54. The molecule has 1 fully saturated rings. The number of carbonyl (C=O) groups is 4. The molecule has 3 N–H and O–H groups in total. The summed E-state index contributed by atoms with van der Waals surface area (Å²) in [6.07, 6.45) is 0.775. The third-order valence-corrected chi connectivity index (χ3v) is 5.16. The van der Waals surface area contributed by atoms with Crippen LogP contribution >= 0.6 is 0 Å². The number of rotatable bonds is 4. The van der Waals surface area contributed by atoms with Crippen molar-refractivity contribution in [2.24, 2.45) is 5.92 Å². The number of likely N-dealkylation sites (tertiary alicyclic amines) is 1. The Hall–Kier alpha value is -3.17. The summed E-state index contributed by atoms with van der Waals surface area (Å²) in [5.74, 6) is -0.471. The van der Waals surface area contributed by atoms with E-state index in [1.54, 1.807) is 15.5 Å². The second-order valence-electron chi connectivity index (χ2n) is 7.10. The van der Waals surface area contributed by atoms with E-state index in [1.807, 2.05) is 6.07 Å². The molecule has 0 radical (unpaired) electrons. The van der Waals surface area contributed by atoms with Crippen molar-refractivity contribution in [3.05, 3.63) is 34.2 Å². The van der Waals surface area contributed by atoms with Crippen LogP contribution in [0.15, 0.2) is 23.0 Å². The number of pyridine rings is 1. The van der Waals surface area contributed by atoms with E-state index in [4.69, 9.17) is 9.90 Å². The van der Waals surface area contributed by atoms with Crippen LogP contribution in [0, 0.1) is 5.92 Å². The number of aromatic nitrogens is 1. The largest absolute Gasteiger partial charge is 0.483 e. The van der Waals surface area contributed by atoms with E-state index in [0.29, 0.717) is 26.2 Å². The summed E-state index contributed by atoms with van der Waals surface area (Å²) in [6.45, 7) is 4.36. The summed E-state index contributed by atoms with van der Waals surface area (Å²) in [6, 6.07) is 4.39. The van der Waals surface area contributed by atoms with Gasteiger partial charge in [0.05, 0.1) is 0 Å². The molecule has 0 spiro atoms. The average Bonchev–Trinajstić information content (AvgIpc) is 2.66. The normalized spacial score (nSPS) is 21.7. The molecule has 3 atom stereocenters. The van der Waals surface area contributed by atoms with E-state index < -0.39 is 6.04 Å². The average molecular weight is 406 g/mol. The van der Waals surface area contributed by atoms with Crippen molar-refractivity contribution >= 4 is 24.2 Å². The van der Waals surface area contributed by atoms with E-state index in [2.05, 4.69) is 10.6 Å². The van der Waals surface area contributed by atoms with E-state index in [9.17, 15) is 19.2 Å². The van der Waals surface area contributed by atoms with Gasteiger partial charge < -0.3 is 20.6 Å². The van der Waals surface area contributed by atoms with Crippen LogP contribution in [0.25, 0.3) is 0 Å². The van der Waals surface area contributed by atoms with Gasteiger partial charge in [-0.1, -0.05) is 6.07 Å². The first kappa shape index (κ1) is 22.1. The minimum absolute atomic E-state index is 0.0174. The topological polar surface area (TPSA) is 138 Å². The Morgan fingerprint density at radius 1 is 1.17 bits per heavy atom. The van der Waals surface area contributed by atoms with Crippen LogP contribution < -0.4 is 16.2 Å². The molecular formula is C19H26N4O6. The van der Waals surface area contributed by atoms with Crippen molar-refractivity contribution in [3.63, 3.8) is 0 Å². The lowest BCUT2D eigenvalue weighted by Gasteiger charge is -2.46. The summed E-state index contributed by atoms with van der Waals surface area (Å²) < 4.78 is 1.59. The third-order valence-electron chi connectivity index (χ3n) is 5.16. The highest BCUT2D eigenvalue weighted by Crippen LogP contribution is 2.41. The zero-order valence-electron chi connectivity index (χ0n) is 16.5. The highest BCUT2D eigenvalue weighted by Gasteiger charge is 2.44. The van der Waals surface area contributed by atoms with Gasteiger partial charge in [0, 0.05) is 63.6 Å². The van der Waals surface area contributed by atoms with Gasteiger partial charge in [-0.05, 0) is 12.5 Å². The summed E-state index contributed by atoms with van der Waals surface area (Å²) in [7, 11) is 0. The van der Waals surface area contributed by atoms with Crippen LogP contribution in [0.3, 0.4) is 0 Å². The fourth-order valence-electron chi connectivity index (χ4n) is 4.06. The second kappa shape index (κ2) is 9.85. The summed E-state index contributed by atoms with van der Waals surface area (Å²) in [5.41, 5.74) is 0.609. The first-order valence-electron chi connectivity index (χ1n) is 9.37. The van der Waals surface area contributed by atoms with Crippen LogP contribution in [0.5, 0.6) is 0 Å². The molecule has 2 aliphatic heterocycles. The fraction of sp³-hybridized carbons (Fsp3) is 0.526. The first-order chi connectivity index (χ1) is 13.8. The highest BCUT2D eigenvalue weighted by atomic mass is 16.3. The summed E-state index contributed by atoms with van der Waals surface area (Å²) >= 11 is 0. The van der Waals surface area contributed by atoms with Crippen molar-refractivity contribution < 1.29 is 24.3 Å². The fourth-order valence-corrected chi connectivity index (χ4v) is 4.06. The number of carboxylic acid groups (broad SMARTS) is 1. The predicted octanol–water partition coefficient (Wildman–Crippen LogP) is -0.692. The lowest BCUT2D eigenvalue weighted by atomic mass is 9.78. The molecule has 3 amide bonds. The predicted molar refractivity (Wildman–Crippen MR) is 103 cm³/mol. The van der Waals surface area contributed by atoms with Crippen LogP contribution in [0.1, 0.15) is 37.9 Å².